The lowest BCUT2D eigenvalue weighted by Gasteiger charge is -2.34. The Morgan fingerprint density at radius 2 is 1.96 bits per heavy atom. The van der Waals surface area contributed by atoms with Crippen LogP contribution < -0.4 is 15.4 Å². The van der Waals surface area contributed by atoms with Crippen LogP contribution in [0.3, 0.4) is 0 Å². The van der Waals surface area contributed by atoms with Crippen molar-refractivity contribution in [3.63, 3.8) is 0 Å². The first-order chi connectivity index (χ1) is 12.8. The van der Waals surface area contributed by atoms with Crippen molar-refractivity contribution in [1.82, 2.24) is 10.6 Å². The number of unbranched alkanes of at least 4 members (excludes halogenated alkanes) is 1. The number of hydrogen-bond acceptors (Lipinski definition) is 3. The number of hydrogen-bond donors (Lipinski definition) is 2. The molecule has 1 saturated heterocycles. The van der Waals surface area contributed by atoms with Crippen molar-refractivity contribution < 1.29 is 4.74 Å². The molecule has 2 aromatic carbocycles. The second kappa shape index (κ2) is 11.3. The van der Waals surface area contributed by atoms with Crippen LogP contribution in [0.1, 0.15) is 55.3 Å². The number of ether oxygens (including phenoxy) is 1. The molecular weight excluding hydrogens is 356 g/mol. The van der Waals surface area contributed by atoms with E-state index >= 15 is 0 Å². The molecule has 2 N–H and O–H groups in total. The Bertz CT molecular complexity index is 677. The maximum absolute atomic E-state index is 5.60. The molecule has 0 radical (unpaired) electrons. The van der Waals surface area contributed by atoms with E-state index in [1.807, 2.05) is 0 Å². The van der Waals surface area contributed by atoms with Gasteiger partial charge in [-0.2, -0.15) is 0 Å². The number of benzene rings is 2. The fourth-order valence-corrected chi connectivity index (χ4v) is 3.87. The third kappa shape index (κ3) is 5.97. The van der Waals surface area contributed by atoms with E-state index in [1.165, 1.54) is 42.4 Å². The van der Waals surface area contributed by atoms with E-state index in [0.29, 0.717) is 12.1 Å². The van der Waals surface area contributed by atoms with Gasteiger partial charge >= 0.3 is 0 Å². The van der Waals surface area contributed by atoms with Crippen molar-refractivity contribution in [3.05, 3.63) is 65.2 Å². The van der Waals surface area contributed by atoms with Gasteiger partial charge < -0.3 is 15.4 Å². The summed E-state index contributed by atoms with van der Waals surface area (Å²) in [5.74, 6) is 0.984. The second-order valence-electron chi connectivity index (χ2n) is 7.22. The molecule has 27 heavy (non-hydrogen) atoms. The van der Waals surface area contributed by atoms with E-state index in [1.54, 1.807) is 7.11 Å². The molecule has 1 aliphatic heterocycles. The molecule has 1 heterocycles. The highest BCUT2D eigenvalue weighted by atomic mass is 35.5. The van der Waals surface area contributed by atoms with Crippen LogP contribution in [0.25, 0.3) is 0 Å². The average Bonchev–Trinajstić information content (AvgIpc) is 2.71. The van der Waals surface area contributed by atoms with Crippen LogP contribution in [0.5, 0.6) is 5.75 Å². The zero-order chi connectivity index (χ0) is 18.2. The third-order valence-electron chi connectivity index (χ3n) is 5.34. The summed E-state index contributed by atoms with van der Waals surface area (Å²) in [6.45, 7) is 4.18. The van der Waals surface area contributed by atoms with Gasteiger partial charge in [0.05, 0.1) is 7.11 Å². The van der Waals surface area contributed by atoms with Gasteiger partial charge in [0, 0.05) is 24.2 Å². The molecule has 2 aromatic rings. The number of nitrogens with one attached hydrogen (secondary N) is 2. The predicted octanol–water partition coefficient (Wildman–Crippen LogP) is 5.04. The number of piperidine rings is 1. The Hall–Kier alpha value is -1.55. The maximum atomic E-state index is 5.60. The lowest BCUT2D eigenvalue weighted by Crippen LogP contribution is -2.45. The molecule has 1 aliphatic rings. The van der Waals surface area contributed by atoms with Gasteiger partial charge in [-0.25, -0.2) is 0 Å². The second-order valence-corrected chi connectivity index (χ2v) is 7.22. The van der Waals surface area contributed by atoms with E-state index in [-0.39, 0.29) is 12.4 Å². The van der Waals surface area contributed by atoms with Crippen LogP contribution in [0.4, 0.5) is 0 Å². The average molecular weight is 389 g/mol. The van der Waals surface area contributed by atoms with Crippen molar-refractivity contribution in [2.75, 3.05) is 13.7 Å². The topological polar surface area (TPSA) is 33.3 Å². The fraction of sp³-hybridized carbons (Fsp3) is 0.478. The third-order valence-corrected chi connectivity index (χ3v) is 5.34. The standard InChI is InChI=1S/C23H32N2O.ClH/c1-3-4-9-18-13-14-22(26-2)20(16-18)17-25-21-12-8-15-24-23(21)19-10-6-5-7-11-19;/h5-7,10-11,13-14,16,21,23-25H,3-4,8-9,12,15,17H2,1-2H3;1H/t21-,23-;/m0./s1. The lowest BCUT2D eigenvalue weighted by molar-refractivity contribution is 0.303. The summed E-state index contributed by atoms with van der Waals surface area (Å²) in [7, 11) is 1.76. The quantitative estimate of drug-likeness (QED) is 0.664. The molecule has 0 bridgehead atoms. The molecule has 0 aromatic heterocycles. The molecule has 0 spiro atoms. The molecule has 1 fully saturated rings. The summed E-state index contributed by atoms with van der Waals surface area (Å²) in [5.41, 5.74) is 4.04. The smallest absolute Gasteiger partial charge is 0.123 e. The van der Waals surface area contributed by atoms with Crippen molar-refractivity contribution >= 4 is 12.4 Å². The molecule has 0 unspecified atom stereocenters. The molecule has 0 aliphatic carbocycles. The Kier molecular flexibility index (Phi) is 9.12. The molecule has 148 valence electrons. The van der Waals surface area contributed by atoms with Crippen LogP contribution in [0.2, 0.25) is 0 Å². The van der Waals surface area contributed by atoms with Crippen LogP contribution >= 0.6 is 12.4 Å². The van der Waals surface area contributed by atoms with Gasteiger partial charge in [0.2, 0.25) is 0 Å². The fourth-order valence-electron chi connectivity index (χ4n) is 3.87. The van der Waals surface area contributed by atoms with Crippen molar-refractivity contribution in [1.29, 1.82) is 0 Å². The minimum Gasteiger partial charge on any atom is -0.496 e. The molecule has 2 atom stereocenters. The predicted molar refractivity (Wildman–Crippen MR) is 116 cm³/mol. The largest absolute Gasteiger partial charge is 0.496 e. The Balaban J connectivity index is 0.00000261. The van der Waals surface area contributed by atoms with Crippen LogP contribution in [0, 0.1) is 0 Å². The summed E-state index contributed by atoms with van der Waals surface area (Å²) in [6, 6.07) is 18.2. The zero-order valence-electron chi connectivity index (χ0n) is 16.5. The first kappa shape index (κ1) is 21.7. The van der Waals surface area contributed by atoms with Gasteiger partial charge in [-0.15, -0.1) is 12.4 Å². The minimum atomic E-state index is 0. The number of aryl methyl sites for hydroxylation is 1. The summed E-state index contributed by atoms with van der Waals surface area (Å²) in [6.07, 6.45) is 6.03. The summed E-state index contributed by atoms with van der Waals surface area (Å²) >= 11 is 0. The van der Waals surface area contributed by atoms with Crippen LogP contribution in [-0.4, -0.2) is 19.7 Å². The van der Waals surface area contributed by atoms with Gasteiger partial charge in [0.25, 0.3) is 0 Å². The number of rotatable bonds is 8. The highest BCUT2D eigenvalue weighted by Crippen LogP contribution is 2.26. The highest BCUT2D eigenvalue weighted by Gasteiger charge is 2.25. The molecule has 0 saturated carbocycles. The molecule has 0 amide bonds. The summed E-state index contributed by atoms with van der Waals surface area (Å²) in [5, 5.41) is 7.50. The van der Waals surface area contributed by atoms with Crippen LogP contribution in [-0.2, 0) is 13.0 Å². The van der Waals surface area contributed by atoms with E-state index < -0.39 is 0 Å². The van der Waals surface area contributed by atoms with Gasteiger partial charge in [0.1, 0.15) is 5.75 Å². The van der Waals surface area contributed by atoms with E-state index in [2.05, 4.69) is 66.1 Å². The van der Waals surface area contributed by atoms with Crippen molar-refractivity contribution in [3.8, 4) is 5.75 Å². The summed E-state index contributed by atoms with van der Waals surface area (Å²) < 4.78 is 5.60. The highest BCUT2D eigenvalue weighted by molar-refractivity contribution is 5.85. The first-order valence-corrected chi connectivity index (χ1v) is 9.99. The maximum Gasteiger partial charge on any atom is 0.123 e. The van der Waals surface area contributed by atoms with E-state index in [4.69, 9.17) is 4.74 Å². The number of halogens is 1. The molecule has 4 heteroatoms. The minimum absolute atomic E-state index is 0. The molecular formula is C23H33ClN2O. The molecule has 3 nitrogen and oxygen atoms in total. The Labute approximate surface area is 170 Å². The lowest BCUT2D eigenvalue weighted by atomic mass is 9.92. The van der Waals surface area contributed by atoms with Crippen molar-refractivity contribution in [2.24, 2.45) is 0 Å². The normalized spacial score (nSPS) is 19.3. The Morgan fingerprint density at radius 1 is 1.15 bits per heavy atom. The van der Waals surface area contributed by atoms with Crippen molar-refractivity contribution in [2.45, 2.75) is 57.7 Å². The molecule has 3 rings (SSSR count). The SMILES string of the molecule is CCCCc1ccc(OC)c(CN[C@H]2CCCN[C@H]2c2ccccc2)c1.Cl. The van der Waals surface area contributed by atoms with E-state index in [9.17, 15) is 0 Å². The summed E-state index contributed by atoms with van der Waals surface area (Å²) in [4.78, 5) is 0. The van der Waals surface area contributed by atoms with E-state index in [0.717, 1.165) is 25.3 Å². The van der Waals surface area contributed by atoms with Gasteiger partial charge in [-0.1, -0.05) is 55.8 Å². The Morgan fingerprint density at radius 3 is 2.70 bits per heavy atom. The van der Waals surface area contributed by atoms with Gasteiger partial charge in [-0.3, -0.25) is 0 Å². The van der Waals surface area contributed by atoms with Crippen LogP contribution in [0.15, 0.2) is 48.5 Å². The van der Waals surface area contributed by atoms with Gasteiger partial charge in [0.15, 0.2) is 0 Å². The number of methoxy groups -OCH3 is 1. The first-order valence-electron chi connectivity index (χ1n) is 9.99. The zero-order valence-corrected chi connectivity index (χ0v) is 17.4. The van der Waals surface area contributed by atoms with Gasteiger partial charge in [-0.05, 0) is 49.4 Å². The monoisotopic (exact) mass is 388 g/mol.